The Morgan fingerprint density at radius 1 is 0.737 bits per heavy atom. The fraction of sp³-hybridized carbons (Fsp3) is 0.383. The van der Waals surface area contributed by atoms with Crippen LogP contribution in [0.4, 0.5) is 11.4 Å². The average molecular weight is 775 g/mol. The lowest BCUT2D eigenvalue weighted by molar-refractivity contribution is -0.108. The largest absolute Gasteiger partial charge is 0.490 e. The van der Waals surface area contributed by atoms with Crippen LogP contribution in [0.1, 0.15) is 79.9 Å². The monoisotopic (exact) mass is 774 g/mol. The molecule has 1 heterocycles. The highest BCUT2D eigenvalue weighted by molar-refractivity contribution is 6.06. The second-order valence-electron chi connectivity index (χ2n) is 15.1. The number of rotatable bonds is 24. The summed E-state index contributed by atoms with van der Waals surface area (Å²) < 4.78 is 19.3. The third-order valence-electron chi connectivity index (χ3n) is 9.61. The molecule has 0 radical (unpaired) electrons. The molecular formula is C47H58N4O6. The van der Waals surface area contributed by atoms with E-state index in [2.05, 4.69) is 48.9 Å². The van der Waals surface area contributed by atoms with Crippen molar-refractivity contribution in [2.45, 2.75) is 71.4 Å². The number of amides is 1. The Hall–Kier alpha value is -5.29. The van der Waals surface area contributed by atoms with E-state index in [9.17, 15) is 14.4 Å². The lowest BCUT2D eigenvalue weighted by Crippen LogP contribution is -2.26. The molecule has 0 aliphatic carbocycles. The summed E-state index contributed by atoms with van der Waals surface area (Å²) in [5, 5.41) is 10.7. The molecule has 5 aromatic rings. The van der Waals surface area contributed by atoms with Gasteiger partial charge in [0.05, 0.1) is 31.0 Å². The number of hydrogen-bond donors (Lipinski definition) is 3. The predicted molar refractivity (Wildman–Crippen MR) is 230 cm³/mol. The van der Waals surface area contributed by atoms with Gasteiger partial charge in [-0.1, -0.05) is 106 Å². The topological polar surface area (TPSA) is 120 Å². The number of aromatic nitrogens is 1. The summed E-state index contributed by atoms with van der Waals surface area (Å²) >= 11 is 0. The van der Waals surface area contributed by atoms with Crippen LogP contribution in [0.15, 0.2) is 108 Å². The van der Waals surface area contributed by atoms with Crippen LogP contribution in [0.2, 0.25) is 0 Å². The van der Waals surface area contributed by atoms with Crippen LogP contribution in [0.5, 0.6) is 5.75 Å². The zero-order chi connectivity index (χ0) is 40.3. The van der Waals surface area contributed by atoms with Crippen LogP contribution in [0, 0.1) is 0 Å². The van der Waals surface area contributed by atoms with Crippen LogP contribution in [0.3, 0.4) is 0 Å². The molecule has 10 nitrogen and oxygen atoms in total. The van der Waals surface area contributed by atoms with Gasteiger partial charge in [0.15, 0.2) is 0 Å². The summed E-state index contributed by atoms with van der Waals surface area (Å²) in [6, 6.07) is 31.5. The summed E-state index contributed by atoms with van der Waals surface area (Å²) in [5.41, 5.74) is 4.62. The number of para-hydroxylation sites is 1. The molecule has 0 bridgehead atoms. The molecule has 0 atom stereocenters. The van der Waals surface area contributed by atoms with E-state index in [0.29, 0.717) is 69.3 Å². The highest BCUT2D eigenvalue weighted by atomic mass is 16.5. The quantitative estimate of drug-likeness (QED) is 0.0423. The smallest absolute Gasteiger partial charge is 0.261 e. The third-order valence-corrected chi connectivity index (χ3v) is 9.61. The van der Waals surface area contributed by atoms with Gasteiger partial charge in [-0.05, 0) is 65.8 Å². The molecule has 0 unspecified atom stereocenters. The number of unbranched alkanes of at least 4 members (excludes halogenated alkanes) is 3. The molecule has 10 heteroatoms. The Labute approximate surface area is 336 Å². The molecule has 5 rings (SSSR count). The van der Waals surface area contributed by atoms with Crippen LogP contribution >= 0.6 is 0 Å². The van der Waals surface area contributed by atoms with Gasteiger partial charge in [0.25, 0.3) is 5.91 Å². The van der Waals surface area contributed by atoms with Crippen LogP contribution in [0.25, 0.3) is 10.9 Å². The highest BCUT2D eigenvalue weighted by Gasteiger charge is 2.24. The van der Waals surface area contributed by atoms with E-state index >= 15 is 0 Å². The van der Waals surface area contributed by atoms with Gasteiger partial charge in [0.1, 0.15) is 24.2 Å². The van der Waals surface area contributed by atoms with Crippen molar-refractivity contribution in [3.8, 4) is 5.75 Å². The molecule has 57 heavy (non-hydrogen) atoms. The summed E-state index contributed by atoms with van der Waals surface area (Å²) in [5.74, 6) is 0.232. The van der Waals surface area contributed by atoms with Gasteiger partial charge in [0.2, 0.25) is 5.43 Å². The van der Waals surface area contributed by atoms with E-state index < -0.39 is 5.91 Å². The minimum absolute atomic E-state index is 0.0803. The van der Waals surface area contributed by atoms with Crippen molar-refractivity contribution in [1.82, 2.24) is 9.88 Å². The number of nitrogens with one attached hydrogen (secondary N) is 3. The summed E-state index contributed by atoms with van der Waals surface area (Å²) in [7, 11) is 0. The normalized spacial score (nSPS) is 11.4. The summed E-state index contributed by atoms with van der Waals surface area (Å²) in [6.07, 6.45) is 7.25. The van der Waals surface area contributed by atoms with Gasteiger partial charge < -0.3 is 39.5 Å². The first-order valence-corrected chi connectivity index (χ1v) is 20.1. The van der Waals surface area contributed by atoms with Crippen molar-refractivity contribution in [2.24, 2.45) is 0 Å². The van der Waals surface area contributed by atoms with E-state index in [1.54, 1.807) is 12.3 Å². The van der Waals surface area contributed by atoms with Crippen molar-refractivity contribution < 1.29 is 23.8 Å². The molecule has 3 N–H and O–H groups in total. The number of nitrogens with zero attached hydrogens (tertiary/aromatic N) is 1. The van der Waals surface area contributed by atoms with E-state index in [0.717, 1.165) is 73.0 Å². The van der Waals surface area contributed by atoms with Gasteiger partial charge in [-0.3, -0.25) is 9.59 Å². The van der Waals surface area contributed by atoms with E-state index in [-0.39, 0.29) is 16.4 Å². The standard InChI is InChI=1S/C47H58N4O6/c1-47(2,3)40-31-44(57-28-24-48-23-14-4-5-15-26-55-29-30-56-27-16-25-52)42(49-33-36-17-8-6-9-18-36)32-41(40)50-46(54)39-35-51(34-37-19-10-7-11-20-37)43-22-13-12-21-38(43)45(39)53/h6-13,17-22,25,31-32,35,48-49H,4-5,14-16,23-24,26-30,33-34H2,1-3H3,(H,50,54). The predicted octanol–water partition coefficient (Wildman–Crippen LogP) is 8.36. The fourth-order valence-electron chi connectivity index (χ4n) is 6.58. The Morgan fingerprint density at radius 3 is 2.16 bits per heavy atom. The number of carbonyl (C=O) groups excluding carboxylic acids is 2. The van der Waals surface area contributed by atoms with Crippen molar-refractivity contribution in [3.05, 3.63) is 136 Å². The number of ether oxygens (including phenoxy) is 3. The average Bonchev–Trinajstić information content (AvgIpc) is 3.21. The van der Waals surface area contributed by atoms with Crippen LogP contribution in [-0.2, 0) is 32.8 Å². The lowest BCUT2D eigenvalue weighted by atomic mass is 9.85. The Bertz CT molecular complexity index is 2060. The molecular weight excluding hydrogens is 717 g/mol. The van der Waals surface area contributed by atoms with Gasteiger partial charge >= 0.3 is 0 Å². The number of benzene rings is 4. The first-order valence-electron chi connectivity index (χ1n) is 20.1. The zero-order valence-electron chi connectivity index (χ0n) is 33.7. The molecule has 1 aromatic heterocycles. The number of fused-ring (bicyclic) bond motifs is 1. The fourth-order valence-corrected chi connectivity index (χ4v) is 6.58. The number of anilines is 2. The van der Waals surface area contributed by atoms with Gasteiger partial charge in [0, 0.05) is 49.9 Å². The summed E-state index contributed by atoms with van der Waals surface area (Å²) in [4.78, 5) is 38.3. The number of aldehydes is 1. The van der Waals surface area contributed by atoms with Crippen molar-refractivity contribution in [1.29, 1.82) is 0 Å². The van der Waals surface area contributed by atoms with Crippen LogP contribution < -0.4 is 26.1 Å². The second-order valence-corrected chi connectivity index (χ2v) is 15.1. The Kier molecular flexibility index (Phi) is 16.9. The lowest BCUT2D eigenvalue weighted by Gasteiger charge is -2.26. The maximum atomic E-state index is 14.2. The number of pyridine rings is 1. The second kappa shape index (κ2) is 22.5. The Balaban J connectivity index is 1.25. The number of carbonyl (C=O) groups is 2. The van der Waals surface area contributed by atoms with Gasteiger partial charge in [-0.2, -0.15) is 0 Å². The molecule has 302 valence electrons. The first-order chi connectivity index (χ1) is 27.7. The third kappa shape index (κ3) is 13.4. The van der Waals surface area contributed by atoms with E-state index in [4.69, 9.17) is 14.2 Å². The molecule has 0 aliphatic rings. The van der Waals surface area contributed by atoms with Gasteiger partial charge in [-0.15, -0.1) is 0 Å². The highest BCUT2D eigenvalue weighted by Crippen LogP contribution is 2.38. The Morgan fingerprint density at radius 2 is 1.42 bits per heavy atom. The molecule has 0 saturated heterocycles. The number of hydrogen-bond acceptors (Lipinski definition) is 8. The minimum Gasteiger partial charge on any atom is -0.490 e. The maximum absolute atomic E-state index is 14.2. The first kappa shape index (κ1) is 42.8. The molecule has 4 aromatic carbocycles. The van der Waals surface area contributed by atoms with Crippen molar-refractivity contribution >= 4 is 34.5 Å². The summed E-state index contributed by atoms with van der Waals surface area (Å²) in [6.45, 7) is 11.7. The maximum Gasteiger partial charge on any atom is 0.261 e. The molecule has 0 aliphatic heterocycles. The molecule has 0 spiro atoms. The molecule has 0 saturated carbocycles. The SMILES string of the molecule is CC(C)(C)c1cc(OCCNCCCCCCOCCOCCC=O)c(NCc2ccccc2)cc1NC(=O)c1cn(Cc2ccccc2)c2ccccc2c1=O. The van der Waals surface area contributed by atoms with E-state index in [1.807, 2.05) is 83.4 Å². The molecule has 0 fully saturated rings. The minimum atomic E-state index is -0.463. The molecule has 1 amide bonds. The zero-order valence-corrected chi connectivity index (χ0v) is 33.7. The van der Waals surface area contributed by atoms with Gasteiger partial charge in [-0.25, -0.2) is 0 Å². The van der Waals surface area contributed by atoms with Crippen molar-refractivity contribution in [2.75, 3.05) is 56.8 Å². The van der Waals surface area contributed by atoms with Crippen LogP contribution in [-0.4, -0.2) is 62.9 Å². The van der Waals surface area contributed by atoms with E-state index in [1.165, 1.54) is 0 Å². The van der Waals surface area contributed by atoms with Crippen molar-refractivity contribution in [3.63, 3.8) is 0 Å².